The van der Waals surface area contributed by atoms with Gasteiger partial charge in [-0.2, -0.15) is 0 Å². The molecule has 0 aromatic heterocycles. The lowest BCUT2D eigenvalue weighted by molar-refractivity contribution is 0.108. The van der Waals surface area contributed by atoms with Crippen LogP contribution in [0.25, 0.3) is 0 Å². The van der Waals surface area contributed by atoms with Gasteiger partial charge in [-0.3, -0.25) is 0 Å². The van der Waals surface area contributed by atoms with Gasteiger partial charge in [0.2, 0.25) is 0 Å². The molecule has 2 N–H and O–H groups in total. The van der Waals surface area contributed by atoms with Gasteiger partial charge in [0, 0.05) is 25.3 Å². The Kier molecular flexibility index (Phi) is 7.13. The van der Waals surface area contributed by atoms with E-state index in [-0.39, 0.29) is 11.6 Å². The Bertz CT molecular complexity index is 198. The molecule has 96 valence electrons. The van der Waals surface area contributed by atoms with E-state index in [9.17, 15) is 4.79 Å². The molecule has 0 rings (SSSR count). The van der Waals surface area contributed by atoms with E-state index in [1.54, 1.807) is 0 Å². The van der Waals surface area contributed by atoms with Crippen LogP contribution < -0.4 is 10.6 Å². The average molecular weight is 230 g/mol. The first-order valence-corrected chi connectivity index (χ1v) is 5.95. The largest absolute Gasteiger partial charge is 0.381 e. The molecule has 16 heavy (non-hydrogen) atoms. The van der Waals surface area contributed by atoms with E-state index in [1.165, 1.54) is 0 Å². The van der Waals surface area contributed by atoms with Crippen molar-refractivity contribution in [3.05, 3.63) is 0 Å². The normalized spacial score (nSPS) is 11.6. The van der Waals surface area contributed by atoms with Crippen LogP contribution in [0.4, 0.5) is 4.79 Å². The van der Waals surface area contributed by atoms with Crippen LogP contribution in [0.15, 0.2) is 0 Å². The van der Waals surface area contributed by atoms with Crippen LogP contribution in [0, 0.1) is 5.92 Å². The van der Waals surface area contributed by atoms with Crippen molar-refractivity contribution in [2.24, 2.45) is 5.92 Å². The van der Waals surface area contributed by atoms with Gasteiger partial charge in [0.25, 0.3) is 0 Å². The molecular weight excluding hydrogens is 204 g/mol. The smallest absolute Gasteiger partial charge is 0.315 e. The minimum atomic E-state index is -0.182. The maximum Gasteiger partial charge on any atom is 0.315 e. The Labute approximate surface area is 99.1 Å². The van der Waals surface area contributed by atoms with E-state index < -0.39 is 0 Å². The van der Waals surface area contributed by atoms with Crippen LogP contribution >= 0.6 is 0 Å². The van der Waals surface area contributed by atoms with Crippen molar-refractivity contribution in [1.29, 1.82) is 0 Å². The molecule has 0 aliphatic carbocycles. The van der Waals surface area contributed by atoms with Gasteiger partial charge in [-0.1, -0.05) is 13.8 Å². The average Bonchev–Trinajstić information content (AvgIpc) is 2.07. The van der Waals surface area contributed by atoms with Crippen molar-refractivity contribution in [3.63, 3.8) is 0 Å². The Hall–Kier alpha value is -0.770. The first kappa shape index (κ1) is 15.2. The van der Waals surface area contributed by atoms with Gasteiger partial charge < -0.3 is 15.4 Å². The molecule has 0 aliphatic heterocycles. The maximum atomic E-state index is 11.3. The molecule has 4 heteroatoms. The Morgan fingerprint density at radius 2 is 1.94 bits per heavy atom. The highest BCUT2D eigenvalue weighted by atomic mass is 16.5. The fourth-order valence-corrected chi connectivity index (χ4v) is 1.08. The molecule has 0 saturated heterocycles. The lowest BCUT2D eigenvalue weighted by atomic mass is 10.1. The van der Waals surface area contributed by atoms with E-state index >= 15 is 0 Å². The summed E-state index contributed by atoms with van der Waals surface area (Å²) in [5.41, 5.74) is -0.182. The summed E-state index contributed by atoms with van der Waals surface area (Å²) in [5.74, 6) is 0.567. The second-order valence-corrected chi connectivity index (χ2v) is 5.45. The van der Waals surface area contributed by atoms with Crippen molar-refractivity contribution < 1.29 is 9.53 Å². The number of rotatable bonds is 6. The number of carbonyl (C=O) groups is 1. The number of nitrogens with one attached hydrogen (secondary N) is 2. The van der Waals surface area contributed by atoms with Gasteiger partial charge in [0.05, 0.1) is 0 Å². The molecule has 2 amide bonds. The van der Waals surface area contributed by atoms with Gasteiger partial charge in [-0.15, -0.1) is 0 Å². The van der Waals surface area contributed by atoms with Crippen molar-refractivity contribution in [1.82, 2.24) is 10.6 Å². The van der Waals surface area contributed by atoms with Gasteiger partial charge in [0.15, 0.2) is 0 Å². The highest BCUT2D eigenvalue weighted by Crippen LogP contribution is 1.97. The summed E-state index contributed by atoms with van der Waals surface area (Å²) in [4.78, 5) is 11.3. The standard InChI is InChI=1S/C12H26N2O2/c1-10(2)9-16-8-6-7-13-11(15)14-12(3,4)5/h10H,6-9H2,1-5H3,(H2,13,14,15). The minimum Gasteiger partial charge on any atom is -0.381 e. The summed E-state index contributed by atoms with van der Waals surface area (Å²) in [6.07, 6.45) is 0.851. The zero-order valence-electron chi connectivity index (χ0n) is 11.2. The van der Waals surface area contributed by atoms with Gasteiger partial charge in [-0.25, -0.2) is 4.79 Å². The highest BCUT2D eigenvalue weighted by Gasteiger charge is 2.12. The van der Waals surface area contributed by atoms with Crippen molar-refractivity contribution in [2.45, 2.75) is 46.6 Å². The van der Waals surface area contributed by atoms with Gasteiger partial charge in [-0.05, 0) is 33.1 Å². The minimum absolute atomic E-state index is 0.114. The molecule has 0 atom stereocenters. The molecule has 0 aliphatic rings. The first-order valence-electron chi connectivity index (χ1n) is 5.95. The third kappa shape index (κ3) is 11.3. The van der Waals surface area contributed by atoms with E-state index in [0.717, 1.165) is 13.0 Å². The predicted octanol–water partition coefficient (Wildman–Crippen LogP) is 2.15. The maximum absolute atomic E-state index is 11.3. The van der Waals surface area contributed by atoms with Crippen LogP contribution in [0.5, 0.6) is 0 Å². The summed E-state index contributed by atoms with van der Waals surface area (Å²) in [6, 6.07) is -0.114. The van der Waals surface area contributed by atoms with Crippen molar-refractivity contribution in [3.8, 4) is 0 Å². The molecule has 0 unspecified atom stereocenters. The number of urea groups is 1. The molecule has 4 nitrogen and oxygen atoms in total. The van der Waals surface area contributed by atoms with E-state index in [1.807, 2.05) is 20.8 Å². The summed E-state index contributed by atoms with van der Waals surface area (Å²) in [5, 5.41) is 5.63. The lowest BCUT2D eigenvalue weighted by Gasteiger charge is -2.20. The number of carbonyl (C=O) groups excluding carboxylic acids is 1. The molecule has 0 fully saturated rings. The Balaban J connectivity index is 3.35. The monoisotopic (exact) mass is 230 g/mol. The van der Waals surface area contributed by atoms with E-state index in [4.69, 9.17) is 4.74 Å². The van der Waals surface area contributed by atoms with Crippen molar-refractivity contribution in [2.75, 3.05) is 19.8 Å². The van der Waals surface area contributed by atoms with Gasteiger partial charge in [0.1, 0.15) is 0 Å². The Morgan fingerprint density at radius 3 is 2.44 bits per heavy atom. The van der Waals surface area contributed by atoms with Gasteiger partial charge >= 0.3 is 6.03 Å². The SMILES string of the molecule is CC(C)COCCCNC(=O)NC(C)(C)C. The molecule has 0 saturated carbocycles. The zero-order chi connectivity index (χ0) is 12.6. The van der Waals surface area contributed by atoms with Crippen LogP contribution in [-0.2, 0) is 4.74 Å². The molecule has 0 bridgehead atoms. The second kappa shape index (κ2) is 7.49. The van der Waals surface area contributed by atoms with Crippen LogP contribution in [0.3, 0.4) is 0 Å². The third-order valence-corrected chi connectivity index (χ3v) is 1.69. The summed E-state index contributed by atoms with van der Waals surface area (Å²) >= 11 is 0. The number of ether oxygens (including phenoxy) is 1. The van der Waals surface area contributed by atoms with Crippen LogP contribution in [0.2, 0.25) is 0 Å². The molecule has 0 spiro atoms. The lowest BCUT2D eigenvalue weighted by Crippen LogP contribution is -2.46. The highest BCUT2D eigenvalue weighted by molar-refractivity contribution is 5.74. The summed E-state index contributed by atoms with van der Waals surface area (Å²) in [7, 11) is 0. The number of amides is 2. The zero-order valence-corrected chi connectivity index (χ0v) is 11.2. The third-order valence-electron chi connectivity index (χ3n) is 1.69. The predicted molar refractivity (Wildman–Crippen MR) is 66.6 cm³/mol. The quantitative estimate of drug-likeness (QED) is 0.687. The fraction of sp³-hybridized carbons (Fsp3) is 0.917. The molecule has 0 radical (unpaired) electrons. The van der Waals surface area contributed by atoms with E-state index in [0.29, 0.717) is 19.1 Å². The molecule has 0 heterocycles. The van der Waals surface area contributed by atoms with E-state index in [2.05, 4.69) is 24.5 Å². The topological polar surface area (TPSA) is 50.4 Å². The summed E-state index contributed by atoms with van der Waals surface area (Å²) in [6.45, 7) is 12.3. The fourth-order valence-electron chi connectivity index (χ4n) is 1.08. The molecule has 0 aromatic carbocycles. The number of hydrogen-bond donors (Lipinski definition) is 2. The molecular formula is C12H26N2O2. The number of hydrogen-bond acceptors (Lipinski definition) is 2. The summed E-state index contributed by atoms with van der Waals surface area (Å²) < 4.78 is 5.41. The first-order chi connectivity index (χ1) is 7.31. The van der Waals surface area contributed by atoms with Crippen LogP contribution in [-0.4, -0.2) is 31.3 Å². The van der Waals surface area contributed by atoms with Crippen molar-refractivity contribution >= 4 is 6.03 Å². The molecule has 0 aromatic rings. The van der Waals surface area contributed by atoms with Crippen LogP contribution in [0.1, 0.15) is 41.0 Å². The second-order valence-electron chi connectivity index (χ2n) is 5.45. The Morgan fingerprint density at radius 1 is 1.31 bits per heavy atom.